The van der Waals surface area contributed by atoms with Crippen LogP contribution in [-0.2, 0) is 12.8 Å². The van der Waals surface area contributed by atoms with E-state index in [1.165, 1.54) is 37.1 Å². The van der Waals surface area contributed by atoms with Crippen molar-refractivity contribution >= 4 is 0 Å². The maximum Gasteiger partial charge on any atom is 0.0859 e. The van der Waals surface area contributed by atoms with Gasteiger partial charge in [-0.05, 0) is 57.3 Å². The first-order valence-electron chi connectivity index (χ1n) is 7.15. The Bertz CT molecular complexity index is 408. The van der Waals surface area contributed by atoms with Crippen molar-refractivity contribution in [3.8, 4) is 0 Å². The second kappa shape index (κ2) is 4.11. The quantitative estimate of drug-likeness (QED) is 0.786. The van der Waals surface area contributed by atoms with Crippen LogP contribution in [0.25, 0.3) is 0 Å². The van der Waals surface area contributed by atoms with Crippen LogP contribution in [-0.4, -0.2) is 15.0 Å². The Labute approximate surface area is 104 Å². The number of aryl methyl sites for hydroxylation is 1. The molecule has 0 spiro atoms. The molecule has 0 radical (unpaired) electrons. The Morgan fingerprint density at radius 1 is 1.24 bits per heavy atom. The summed E-state index contributed by atoms with van der Waals surface area (Å²) in [4.78, 5) is 0. The summed E-state index contributed by atoms with van der Waals surface area (Å²) in [6, 6.07) is 0.447. The highest BCUT2D eigenvalue weighted by Crippen LogP contribution is 2.54. The van der Waals surface area contributed by atoms with E-state index in [0.717, 1.165) is 24.2 Å². The van der Waals surface area contributed by atoms with E-state index in [-0.39, 0.29) is 0 Å². The minimum atomic E-state index is 0.447. The van der Waals surface area contributed by atoms with Gasteiger partial charge in [-0.3, -0.25) is 0 Å². The molecule has 0 bridgehead atoms. The third kappa shape index (κ3) is 1.80. The minimum absolute atomic E-state index is 0.447. The summed E-state index contributed by atoms with van der Waals surface area (Å²) in [5, 5.41) is 8.72. The van der Waals surface area contributed by atoms with Crippen LogP contribution in [0.2, 0.25) is 0 Å². The van der Waals surface area contributed by atoms with Crippen LogP contribution in [0.5, 0.6) is 0 Å². The topological polar surface area (TPSA) is 30.7 Å². The third-order valence-corrected chi connectivity index (χ3v) is 4.77. The SMILES string of the molecule is CCC1C2CCc3nnn(C(C)C)c3CCC12. The van der Waals surface area contributed by atoms with Gasteiger partial charge in [0.2, 0.25) is 0 Å². The molecule has 0 N–H and O–H groups in total. The van der Waals surface area contributed by atoms with Gasteiger partial charge in [0.15, 0.2) is 0 Å². The number of fused-ring (bicyclic) bond motifs is 2. The first-order chi connectivity index (χ1) is 8.22. The molecule has 2 aliphatic rings. The molecule has 3 unspecified atom stereocenters. The molecule has 3 nitrogen and oxygen atoms in total. The fourth-order valence-electron chi connectivity index (χ4n) is 3.81. The fourth-order valence-corrected chi connectivity index (χ4v) is 3.81. The number of hydrogen-bond acceptors (Lipinski definition) is 2. The molecule has 94 valence electrons. The third-order valence-electron chi connectivity index (χ3n) is 4.77. The number of aromatic nitrogens is 3. The maximum atomic E-state index is 4.40. The highest BCUT2D eigenvalue weighted by atomic mass is 15.4. The van der Waals surface area contributed by atoms with Gasteiger partial charge in [0, 0.05) is 6.04 Å². The van der Waals surface area contributed by atoms with Crippen LogP contribution in [0.15, 0.2) is 0 Å². The second-order valence-corrected chi connectivity index (χ2v) is 6.00. The molecule has 0 aromatic carbocycles. The molecule has 17 heavy (non-hydrogen) atoms. The Kier molecular flexibility index (Phi) is 2.72. The Morgan fingerprint density at radius 3 is 2.59 bits per heavy atom. The number of rotatable bonds is 2. The molecule has 0 aliphatic heterocycles. The average molecular weight is 233 g/mol. The molecule has 1 aromatic rings. The fraction of sp³-hybridized carbons (Fsp3) is 0.857. The summed E-state index contributed by atoms with van der Waals surface area (Å²) in [5.74, 6) is 3.01. The molecule has 1 saturated carbocycles. The van der Waals surface area contributed by atoms with E-state index in [9.17, 15) is 0 Å². The summed E-state index contributed by atoms with van der Waals surface area (Å²) < 4.78 is 2.14. The van der Waals surface area contributed by atoms with Gasteiger partial charge in [-0.15, -0.1) is 5.10 Å². The van der Waals surface area contributed by atoms with E-state index in [4.69, 9.17) is 0 Å². The monoisotopic (exact) mass is 233 g/mol. The lowest BCUT2D eigenvalue weighted by Gasteiger charge is -2.12. The first kappa shape index (κ1) is 11.2. The van der Waals surface area contributed by atoms with Gasteiger partial charge >= 0.3 is 0 Å². The van der Waals surface area contributed by atoms with E-state index in [1.807, 2.05) is 0 Å². The predicted octanol–water partition coefficient (Wildman–Crippen LogP) is 3.01. The lowest BCUT2D eigenvalue weighted by atomic mass is 10.0. The number of hydrogen-bond donors (Lipinski definition) is 0. The zero-order chi connectivity index (χ0) is 12.0. The van der Waals surface area contributed by atoms with Crippen molar-refractivity contribution < 1.29 is 0 Å². The molecule has 0 saturated heterocycles. The van der Waals surface area contributed by atoms with Gasteiger partial charge < -0.3 is 0 Å². The van der Waals surface area contributed by atoms with Gasteiger partial charge in [-0.2, -0.15) is 0 Å². The molecule has 3 atom stereocenters. The zero-order valence-electron chi connectivity index (χ0n) is 11.2. The van der Waals surface area contributed by atoms with E-state index in [0.29, 0.717) is 6.04 Å². The summed E-state index contributed by atoms with van der Waals surface area (Å²) in [6.45, 7) is 6.74. The average Bonchev–Trinajstić information content (AvgIpc) is 2.78. The minimum Gasteiger partial charge on any atom is -0.247 e. The Morgan fingerprint density at radius 2 is 1.94 bits per heavy atom. The van der Waals surface area contributed by atoms with E-state index < -0.39 is 0 Å². The summed E-state index contributed by atoms with van der Waals surface area (Å²) in [7, 11) is 0. The molecular weight excluding hydrogens is 210 g/mol. The second-order valence-electron chi connectivity index (χ2n) is 6.00. The van der Waals surface area contributed by atoms with Gasteiger partial charge in [0.05, 0.1) is 11.4 Å². The van der Waals surface area contributed by atoms with Crippen LogP contribution in [0.3, 0.4) is 0 Å². The van der Waals surface area contributed by atoms with Crippen molar-refractivity contribution in [2.45, 2.75) is 58.9 Å². The predicted molar refractivity (Wildman–Crippen MR) is 67.8 cm³/mol. The summed E-state index contributed by atoms with van der Waals surface area (Å²) in [5.41, 5.74) is 2.69. The van der Waals surface area contributed by atoms with Crippen LogP contribution in [0, 0.1) is 17.8 Å². The van der Waals surface area contributed by atoms with Crippen molar-refractivity contribution in [1.29, 1.82) is 0 Å². The normalized spacial score (nSPS) is 31.6. The largest absolute Gasteiger partial charge is 0.247 e. The summed E-state index contributed by atoms with van der Waals surface area (Å²) in [6.07, 6.45) is 6.41. The van der Waals surface area contributed by atoms with Crippen LogP contribution >= 0.6 is 0 Å². The van der Waals surface area contributed by atoms with Crippen molar-refractivity contribution in [1.82, 2.24) is 15.0 Å². The van der Waals surface area contributed by atoms with Crippen LogP contribution < -0.4 is 0 Å². The van der Waals surface area contributed by atoms with Gasteiger partial charge in [0.25, 0.3) is 0 Å². The standard InChI is InChI=1S/C14H23N3/c1-4-10-11-5-7-13-14(8-6-12(10)11)17(9(2)3)16-15-13/h9-12H,4-8H2,1-3H3. The van der Waals surface area contributed by atoms with Crippen molar-refractivity contribution in [2.24, 2.45) is 17.8 Å². The van der Waals surface area contributed by atoms with Gasteiger partial charge in [-0.1, -0.05) is 18.6 Å². The Balaban J connectivity index is 1.81. The van der Waals surface area contributed by atoms with Gasteiger partial charge in [0.1, 0.15) is 0 Å². The molecule has 2 aliphatic carbocycles. The first-order valence-corrected chi connectivity index (χ1v) is 7.15. The molecular formula is C14H23N3. The molecule has 1 aromatic heterocycles. The molecule has 3 rings (SSSR count). The smallest absolute Gasteiger partial charge is 0.0859 e. The highest BCUT2D eigenvalue weighted by molar-refractivity contribution is 5.15. The van der Waals surface area contributed by atoms with E-state index in [1.54, 1.807) is 0 Å². The van der Waals surface area contributed by atoms with Crippen molar-refractivity contribution in [2.75, 3.05) is 0 Å². The van der Waals surface area contributed by atoms with E-state index in [2.05, 4.69) is 35.8 Å². The highest BCUT2D eigenvalue weighted by Gasteiger charge is 2.48. The van der Waals surface area contributed by atoms with Crippen molar-refractivity contribution in [3.63, 3.8) is 0 Å². The Hall–Kier alpha value is -0.860. The molecule has 1 heterocycles. The molecule has 1 fully saturated rings. The van der Waals surface area contributed by atoms with E-state index >= 15 is 0 Å². The van der Waals surface area contributed by atoms with Crippen LogP contribution in [0.1, 0.15) is 57.5 Å². The van der Waals surface area contributed by atoms with Crippen LogP contribution in [0.4, 0.5) is 0 Å². The van der Waals surface area contributed by atoms with Gasteiger partial charge in [-0.25, -0.2) is 4.68 Å². The molecule has 3 heteroatoms. The lowest BCUT2D eigenvalue weighted by Crippen LogP contribution is -2.10. The summed E-state index contributed by atoms with van der Waals surface area (Å²) >= 11 is 0. The lowest BCUT2D eigenvalue weighted by molar-refractivity contribution is 0.481. The van der Waals surface area contributed by atoms with Crippen molar-refractivity contribution in [3.05, 3.63) is 11.4 Å². The molecule has 0 amide bonds. The zero-order valence-corrected chi connectivity index (χ0v) is 11.2. The number of nitrogens with zero attached hydrogens (tertiary/aromatic N) is 3. The maximum absolute atomic E-state index is 4.40.